The van der Waals surface area contributed by atoms with Gasteiger partial charge in [0.05, 0.1) is 33.9 Å². The summed E-state index contributed by atoms with van der Waals surface area (Å²) in [5.74, 6) is 0.646. The molecular weight excluding hydrogens is 819 g/mol. The third-order valence-electron chi connectivity index (χ3n) is 13.9. The van der Waals surface area contributed by atoms with Gasteiger partial charge in [-0.15, -0.1) is 32.9 Å². The van der Waals surface area contributed by atoms with E-state index >= 15 is 0 Å². The van der Waals surface area contributed by atoms with Crippen LogP contribution in [0, 0.1) is 25.2 Å². The van der Waals surface area contributed by atoms with Crippen molar-refractivity contribution in [3.63, 3.8) is 0 Å². The standard InChI is InChI=1S/C48H55N7O5S2/c1-27(2)42(47(59)55-25-34(56)22-38(55)45(58)50-29(4)31-10-12-32(13-11-31)44-30(5)49-26-61-44)40-24-41(53-60-40)54-20-18-48(19-21-54)16-14-33(15-17-48)43-28(3)36-23-37(51-52-46(36)62-43)35-8-6-7-9-39(35)57/h6-13,23-24,26-27,29,33-34,38,42,56-57H,14-22,25H2,1-5H3,(H,50,58)/t29-,34+,38-,42+/m0/s1. The van der Waals surface area contributed by atoms with E-state index in [4.69, 9.17) is 4.52 Å². The Labute approximate surface area is 370 Å². The molecule has 62 heavy (non-hydrogen) atoms. The first-order valence-electron chi connectivity index (χ1n) is 21.9. The number of fused-ring (bicyclic) bond motifs is 1. The zero-order valence-electron chi connectivity index (χ0n) is 36.0. The summed E-state index contributed by atoms with van der Waals surface area (Å²) in [6.07, 6.45) is 6.17. The molecule has 2 aromatic carbocycles. The number of aliphatic hydroxyl groups excluding tert-OH is 1. The molecule has 324 valence electrons. The number of aromatic nitrogens is 4. The smallest absolute Gasteiger partial charge is 0.243 e. The number of hydrogen-bond donors (Lipinski definition) is 3. The van der Waals surface area contributed by atoms with Gasteiger partial charge in [0.25, 0.3) is 0 Å². The number of para-hydroxylation sites is 1. The molecule has 4 atom stereocenters. The summed E-state index contributed by atoms with van der Waals surface area (Å²) in [4.78, 5) is 39.8. The van der Waals surface area contributed by atoms with Crippen molar-refractivity contribution in [2.45, 2.75) is 110 Å². The van der Waals surface area contributed by atoms with Crippen LogP contribution in [0.1, 0.15) is 111 Å². The molecule has 2 saturated heterocycles. The minimum atomic E-state index is -0.798. The topological polar surface area (TPSA) is 158 Å². The SMILES string of the molecule is Cc1ncsc1-c1ccc([C@H](C)NC(=O)[C@@H]2C[C@@H](O)CN2C(=O)[C@@H](c2cc(N3CCC4(CCC(c5sc6nnc(-c7ccccc7O)cc6c5C)CC4)CC3)no2)C(C)C)cc1. The Kier molecular flexibility index (Phi) is 11.7. The maximum atomic E-state index is 14.4. The number of nitrogens with one attached hydrogen (secondary N) is 1. The summed E-state index contributed by atoms with van der Waals surface area (Å²) in [5.41, 5.74) is 7.82. The number of aromatic hydroxyl groups is 1. The highest BCUT2D eigenvalue weighted by molar-refractivity contribution is 7.19. The van der Waals surface area contributed by atoms with E-state index in [0.29, 0.717) is 28.4 Å². The molecule has 0 radical (unpaired) electrons. The number of benzene rings is 2. The summed E-state index contributed by atoms with van der Waals surface area (Å²) >= 11 is 3.37. The lowest BCUT2D eigenvalue weighted by atomic mass is 9.65. The van der Waals surface area contributed by atoms with Crippen LogP contribution in [-0.2, 0) is 9.59 Å². The number of rotatable bonds is 10. The van der Waals surface area contributed by atoms with Gasteiger partial charge >= 0.3 is 0 Å². The van der Waals surface area contributed by atoms with Crippen molar-refractivity contribution in [2.24, 2.45) is 11.3 Å². The summed E-state index contributed by atoms with van der Waals surface area (Å²) in [7, 11) is 0. The predicted molar refractivity (Wildman–Crippen MR) is 243 cm³/mol. The molecule has 2 amide bonds. The second kappa shape index (κ2) is 17.2. The number of thiophene rings is 1. The molecule has 14 heteroatoms. The lowest BCUT2D eigenvalue weighted by Crippen LogP contribution is -2.48. The number of nitrogens with zero attached hydrogens (tertiary/aromatic N) is 6. The molecule has 1 aliphatic carbocycles. The van der Waals surface area contributed by atoms with Gasteiger partial charge in [-0.25, -0.2) is 4.98 Å². The number of likely N-dealkylation sites (tertiary alicyclic amines) is 1. The number of amides is 2. The highest BCUT2D eigenvalue weighted by atomic mass is 32.1. The van der Waals surface area contributed by atoms with Crippen LogP contribution in [0.25, 0.3) is 31.9 Å². The van der Waals surface area contributed by atoms with E-state index in [2.05, 4.69) is 43.5 Å². The average molecular weight is 874 g/mol. The van der Waals surface area contributed by atoms with E-state index in [9.17, 15) is 19.8 Å². The summed E-state index contributed by atoms with van der Waals surface area (Å²) in [6.45, 7) is 11.9. The van der Waals surface area contributed by atoms with Gasteiger partial charge in [0.15, 0.2) is 11.6 Å². The number of piperidine rings is 1. The van der Waals surface area contributed by atoms with Gasteiger partial charge in [-0.1, -0.05) is 55.4 Å². The number of phenols is 1. The minimum absolute atomic E-state index is 0.0879. The first-order valence-corrected chi connectivity index (χ1v) is 23.6. The summed E-state index contributed by atoms with van der Waals surface area (Å²) < 4.78 is 5.96. The van der Waals surface area contributed by atoms with Crippen LogP contribution < -0.4 is 10.2 Å². The zero-order valence-corrected chi connectivity index (χ0v) is 37.6. The largest absolute Gasteiger partial charge is 0.507 e. The molecule has 9 rings (SSSR count). The maximum Gasteiger partial charge on any atom is 0.243 e. The second-order valence-corrected chi connectivity index (χ2v) is 20.0. The number of phenolic OH excluding ortho intramolecular Hbond substituents is 1. The molecule has 3 aliphatic rings. The molecule has 1 spiro atoms. The molecular formula is C48H55N7O5S2. The molecule has 4 aromatic heterocycles. The molecule has 0 unspecified atom stereocenters. The lowest BCUT2D eigenvalue weighted by Gasteiger charge is -2.46. The first-order chi connectivity index (χ1) is 29.9. The van der Waals surface area contributed by atoms with Crippen molar-refractivity contribution >= 4 is 50.5 Å². The molecule has 0 bridgehead atoms. The third-order valence-corrected chi connectivity index (χ3v) is 16.2. The predicted octanol–water partition coefficient (Wildman–Crippen LogP) is 9.32. The molecule has 6 aromatic rings. The van der Waals surface area contributed by atoms with Gasteiger partial charge < -0.3 is 29.9 Å². The van der Waals surface area contributed by atoms with Crippen molar-refractivity contribution in [1.82, 2.24) is 30.6 Å². The Morgan fingerprint density at radius 2 is 1.71 bits per heavy atom. The van der Waals surface area contributed by atoms with Gasteiger partial charge in [0.2, 0.25) is 11.8 Å². The Bertz CT molecular complexity index is 2570. The number of carbonyl (C=O) groups is 2. The number of aliphatic hydroxyl groups is 1. The van der Waals surface area contributed by atoms with Crippen LogP contribution in [0.4, 0.5) is 5.82 Å². The Hall–Kier alpha value is -5.18. The molecule has 6 heterocycles. The normalized spacial score (nSPS) is 20.3. The lowest BCUT2D eigenvalue weighted by molar-refractivity contribution is -0.141. The molecule has 1 saturated carbocycles. The Morgan fingerprint density at radius 1 is 0.968 bits per heavy atom. The van der Waals surface area contributed by atoms with Crippen molar-refractivity contribution in [1.29, 1.82) is 0 Å². The van der Waals surface area contributed by atoms with Crippen LogP contribution >= 0.6 is 22.7 Å². The van der Waals surface area contributed by atoms with Gasteiger partial charge in [-0.05, 0) is 111 Å². The van der Waals surface area contributed by atoms with Crippen molar-refractivity contribution in [2.75, 3.05) is 24.5 Å². The van der Waals surface area contributed by atoms with Crippen molar-refractivity contribution in [3.05, 3.63) is 93.6 Å². The molecule has 3 N–H and O–H groups in total. The van der Waals surface area contributed by atoms with E-state index in [0.717, 1.165) is 76.5 Å². The summed E-state index contributed by atoms with van der Waals surface area (Å²) in [6, 6.07) is 18.3. The summed E-state index contributed by atoms with van der Waals surface area (Å²) in [5, 5.41) is 38.9. The Morgan fingerprint density at radius 3 is 2.40 bits per heavy atom. The quantitative estimate of drug-likeness (QED) is 0.121. The number of anilines is 1. The van der Waals surface area contributed by atoms with E-state index in [1.165, 1.54) is 28.2 Å². The first kappa shape index (κ1) is 42.1. The Balaban J connectivity index is 0.813. The minimum Gasteiger partial charge on any atom is -0.507 e. The van der Waals surface area contributed by atoms with Crippen LogP contribution in [-0.4, -0.2) is 79.0 Å². The van der Waals surface area contributed by atoms with E-state index < -0.39 is 18.1 Å². The third kappa shape index (κ3) is 8.12. The molecule has 2 aliphatic heterocycles. The number of aryl methyl sites for hydroxylation is 2. The highest BCUT2D eigenvalue weighted by Crippen LogP contribution is 2.51. The highest BCUT2D eigenvalue weighted by Gasteiger charge is 2.44. The maximum absolute atomic E-state index is 14.4. The fraction of sp³-hybridized carbons (Fsp3) is 0.458. The second-order valence-electron chi connectivity index (χ2n) is 18.1. The fourth-order valence-corrected chi connectivity index (χ4v) is 12.2. The van der Waals surface area contributed by atoms with Gasteiger partial charge in [-0.3, -0.25) is 9.59 Å². The number of β-amino-alcohol motifs (C(OH)–C–C–N with tert-alkyl or cyclic N) is 1. The molecule has 12 nitrogen and oxygen atoms in total. The van der Waals surface area contributed by atoms with Crippen LogP contribution in [0.2, 0.25) is 0 Å². The van der Waals surface area contributed by atoms with Crippen molar-refractivity contribution in [3.8, 4) is 27.4 Å². The van der Waals surface area contributed by atoms with E-state index in [1.54, 1.807) is 28.7 Å². The average Bonchev–Trinajstić information content (AvgIpc) is 4.08. The van der Waals surface area contributed by atoms with E-state index in [-0.39, 0.29) is 42.5 Å². The van der Waals surface area contributed by atoms with Gasteiger partial charge in [0, 0.05) is 47.9 Å². The van der Waals surface area contributed by atoms with Crippen molar-refractivity contribution < 1.29 is 24.3 Å². The number of thiazole rings is 1. The fourth-order valence-electron chi connectivity index (χ4n) is 10.1. The zero-order chi connectivity index (χ0) is 43.3. The van der Waals surface area contributed by atoms with Crippen LogP contribution in [0.3, 0.4) is 0 Å². The van der Waals surface area contributed by atoms with Crippen LogP contribution in [0.15, 0.2) is 70.7 Å². The number of carbonyl (C=O) groups excluding carboxylic acids is 2. The van der Waals surface area contributed by atoms with Crippen LogP contribution in [0.5, 0.6) is 5.75 Å². The monoisotopic (exact) mass is 873 g/mol. The van der Waals surface area contributed by atoms with E-state index in [1.807, 2.05) is 81.7 Å². The van der Waals surface area contributed by atoms with Gasteiger partial charge in [0.1, 0.15) is 22.5 Å². The molecule has 3 fully saturated rings. The number of hydrogen-bond acceptors (Lipinski definition) is 12. The van der Waals surface area contributed by atoms with Gasteiger partial charge in [-0.2, -0.15) is 0 Å².